The fourth-order valence-electron chi connectivity index (χ4n) is 1.97. The molecule has 0 aromatic carbocycles. The third kappa shape index (κ3) is 10.6. The molecular weight excluding hydrogens is 362 g/mol. The first-order chi connectivity index (χ1) is 12.8. The van der Waals surface area contributed by atoms with Crippen molar-refractivity contribution in [2.75, 3.05) is 92.8 Å². The topological polar surface area (TPSA) is 171 Å². The Bertz CT molecular complexity index is 294. The molecule has 8 N–H and O–H groups in total. The molecule has 0 heterocycles. The minimum absolute atomic E-state index is 0.141. The highest BCUT2D eigenvalue weighted by Crippen LogP contribution is 2.19. The van der Waals surface area contributed by atoms with Crippen molar-refractivity contribution in [3.63, 3.8) is 0 Å². The second kappa shape index (κ2) is 15.5. The Hall–Kier alpha value is -0.400. The summed E-state index contributed by atoms with van der Waals surface area (Å²) in [5, 5.41) is 71.5. The van der Waals surface area contributed by atoms with Gasteiger partial charge >= 0.3 is 0 Å². The molecule has 27 heavy (non-hydrogen) atoms. The van der Waals surface area contributed by atoms with Crippen LogP contribution in [-0.4, -0.2) is 138 Å². The van der Waals surface area contributed by atoms with Gasteiger partial charge in [0.05, 0.1) is 90.5 Å². The van der Waals surface area contributed by atoms with Crippen molar-refractivity contribution < 1.29 is 50.1 Å². The van der Waals surface area contributed by atoms with Gasteiger partial charge in [0.2, 0.25) is 0 Å². The molecule has 0 amide bonds. The SMILES string of the molecule is CC[N+](C)(CCO)CCO.OCC(CO)(CO)COCC(CO)(CO)CO. The molecular formula is C17H40NO9+. The summed E-state index contributed by atoms with van der Waals surface area (Å²) in [4.78, 5) is 0. The van der Waals surface area contributed by atoms with E-state index >= 15 is 0 Å². The lowest BCUT2D eigenvalue weighted by atomic mass is 9.91. The Morgan fingerprint density at radius 1 is 0.630 bits per heavy atom. The summed E-state index contributed by atoms with van der Waals surface area (Å²) in [6.45, 7) is 1.88. The van der Waals surface area contributed by atoms with Crippen molar-refractivity contribution in [3.05, 3.63) is 0 Å². The minimum atomic E-state index is -1.16. The van der Waals surface area contributed by atoms with Crippen molar-refractivity contribution in [1.29, 1.82) is 0 Å². The Balaban J connectivity index is 0. The molecule has 0 spiro atoms. The van der Waals surface area contributed by atoms with E-state index in [-0.39, 0.29) is 26.4 Å². The maximum Gasteiger partial charge on any atom is 0.102 e. The van der Waals surface area contributed by atoms with Gasteiger partial charge in [-0.05, 0) is 6.92 Å². The summed E-state index contributed by atoms with van der Waals surface area (Å²) >= 11 is 0. The zero-order valence-corrected chi connectivity index (χ0v) is 16.6. The minimum Gasteiger partial charge on any atom is -0.396 e. The zero-order valence-electron chi connectivity index (χ0n) is 16.6. The molecule has 0 unspecified atom stereocenters. The number of rotatable bonds is 15. The summed E-state index contributed by atoms with van der Waals surface area (Å²) < 4.78 is 5.91. The zero-order chi connectivity index (χ0) is 21.4. The van der Waals surface area contributed by atoms with Crippen LogP contribution in [0.15, 0.2) is 0 Å². The molecule has 0 bridgehead atoms. The number of ether oxygens (including phenoxy) is 1. The van der Waals surface area contributed by atoms with Gasteiger partial charge in [0.15, 0.2) is 0 Å². The van der Waals surface area contributed by atoms with E-state index in [0.717, 1.165) is 24.1 Å². The third-order valence-corrected chi connectivity index (χ3v) is 4.87. The highest BCUT2D eigenvalue weighted by molar-refractivity contribution is 4.80. The smallest absolute Gasteiger partial charge is 0.102 e. The van der Waals surface area contributed by atoms with Crippen molar-refractivity contribution in [1.82, 2.24) is 0 Å². The van der Waals surface area contributed by atoms with Gasteiger partial charge in [-0.15, -0.1) is 0 Å². The first kappa shape index (κ1) is 28.8. The Kier molecular flexibility index (Phi) is 16.6. The van der Waals surface area contributed by atoms with Crippen LogP contribution in [0.25, 0.3) is 0 Å². The first-order valence-electron chi connectivity index (χ1n) is 9.04. The lowest BCUT2D eigenvalue weighted by molar-refractivity contribution is -0.908. The van der Waals surface area contributed by atoms with Crippen LogP contribution in [0.2, 0.25) is 0 Å². The number of hydrogen-bond donors (Lipinski definition) is 8. The fraction of sp³-hybridized carbons (Fsp3) is 1.00. The van der Waals surface area contributed by atoms with Gasteiger partial charge in [0, 0.05) is 0 Å². The molecule has 0 aliphatic heterocycles. The predicted octanol–water partition coefficient (Wildman–Crippen LogP) is -3.63. The van der Waals surface area contributed by atoms with Crippen LogP contribution in [0.5, 0.6) is 0 Å². The molecule has 0 aromatic rings. The predicted molar refractivity (Wildman–Crippen MR) is 98.8 cm³/mol. The van der Waals surface area contributed by atoms with Crippen molar-refractivity contribution in [2.24, 2.45) is 10.8 Å². The number of likely N-dealkylation sites (N-methyl/N-ethyl adjacent to an activating group) is 1. The van der Waals surface area contributed by atoms with Crippen molar-refractivity contribution >= 4 is 0 Å². The van der Waals surface area contributed by atoms with Gasteiger partial charge in [-0.1, -0.05) is 0 Å². The Morgan fingerprint density at radius 2 is 0.926 bits per heavy atom. The van der Waals surface area contributed by atoms with Gasteiger partial charge in [-0.25, -0.2) is 0 Å². The van der Waals surface area contributed by atoms with Gasteiger partial charge in [0.25, 0.3) is 0 Å². The van der Waals surface area contributed by atoms with E-state index in [1.165, 1.54) is 0 Å². The summed E-state index contributed by atoms with van der Waals surface area (Å²) in [6.07, 6.45) is 0. The average molecular weight is 403 g/mol. The molecule has 166 valence electrons. The molecule has 0 fully saturated rings. The quantitative estimate of drug-likeness (QED) is 0.129. The van der Waals surface area contributed by atoms with E-state index in [1.807, 2.05) is 7.05 Å². The monoisotopic (exact) mass is 402 g/mol. The van der Waals surface area contributed by atoms with Gasteiger partial charge < -0.3 is 50.1 Å². The van der Waals surface area contributed by atoms with E-state index in [9.17, 15) is 0 Å². The van der Waals surface area contributed by atoms with Crippen LogP contribution in [0.4, 0.5) is 0 Å². The molecule has 0 aliphatic carbocycles. The second-order valence-electron chi connectivity index (χ2n) is 7.27. The van der Waals surface area contributed by atoms with E-state index in [0.29, 0.717) is 0 Å². The molecule has 0 saturated heterocycles. The van der Waals surface area contributed by atoms with Crippen LogP contribution >= 0.6 is 0 Å². The van der Waals surface area contributed by atoms with E-state index in [2.05, 4.69) is 6.92 Å². The van der Waals surface area contributed by atoms with Crippen LogP contribution in [0.3, 0.4) is 0 Å². The van der Waals surface area contributed by atoms with Gasteiger partial charge in [0.1, 0.15) is 13.1 Å². The van der Waals surface area contributed by atoms with E-state index in [4.69, 9.17) is 45.6 Å². The lowest BCUT2D eigenvalue weighted by Gasteiger charge is -2.31. The summed E-state index contributed by atoms with van der Waals surface area (Å²) in [7, 11) is 2.03. The van der Waals surface area contributed by atoms with Crippen LogP contribution < -0.4 is 0 Å². The molecule has 10 nitrogen and oxygen atoms in total. The lowest BCUT2D eigenvalue weighted by Crippen LogP contribution is -2.47. The Labute approximate surface area is 161 Å². The maximum absolute atomic E-state index is 9.03. The molecule has 0 atom stereocenters. The normalized spacial score (nSPS) is 12.7. The molecule has 0 aliphatic rings. The number of aliphatic hydroxyl groups excluding tert-OH is 8. The Morgan fingerprint density at radius 3 is 1.11 bits per heavy atom. The van der Waals surface area contributed by atoms with Gasteiger partial charge in [-0.3, -0.25) is 0 Å². The van der Waals surface area contributed by atoms with Crippen LogP contribution in [0.1, 0.15) is 6.92 Å². The number of quaternary nitrogens is 1. The molecule has 0 rings (SSSR count). The van der Waals surface area contributed by atoms with Crippen LogP contribution in [0, 0.1) is 10.8 Å². The maximum atomic E-state index is 9.03. The number of nitrogens with zero attached hydrogens (tertiary/aromatic N) is 1. The van der Waals surface area contributed by atoms with E-state index < -0.39 is 50.5 Å². The highest BCUT2D eigenvalue weighted by atomic mass is 16.5. The largest absolute Gasteiger partial charge is 0.396 e. The molecule has 10 heteroatoms. The summed E-state index contributed by atoms with van der Waals surface area (Å²) in [6, 6.07) is 0. The fourth-order valence-corrected chi connectivity index (χ4v) is 1.97. The third-order valence-electron chi connectivity index (χ3n) is 4.87. The van der Waals surface area contributed by atoms with Crippen LogP contribution in [-0.2, 0) is 4.74 Å². The van der Waals surface area contributed by atoms with Crippen molar-refractivity contribution in [3.8, 4) is 0 Å². The highest BCUT2D eigenvalue weighted by Gasteiger charge is 2.32. The number of aliphatic hydroxyl groups is 8. The van der Waals surface area contributed by atoms with Crippen molar-refractivity contribution in [2.45, 2.75) is 6.92 Å². The van der Waals surface area contributed by atoms with Gasteiger partial charge in [-0.2, -0.15) is 0 Å². The molecule has 0 aromatic heterocycles. The average Bonchev–Trinajstić information content (AvgIpc) is 2.70. The molecule has 0 saturated carbocycles. The summed E-state index contributed by atoms with van der Waals surface area (Å²) in [5.74, 6) is 0. The second-order valence-corrected chi connectivity index (χ2v) is 7.27. The number of hydrogen-bond acceptors (Lipinski definition) is 9. The molecule has 0 radical (unpaired) electrons. The van der Waals surface area contributed by atoms with E-state index in [1.54, 1.807) is 0 Å². The standard InChI is InChI=1S/C10H22O7.C7H18NO2/c11-1-9(2-12,3-13)7-17-8-10(4-14,5-15)6-16;1-3-8(2,4-6-9)5-7-10/h11-16H,1-8H2;9-10H,3-7H2,1-2H3/q;+1. The first-order valence-corrected chi connectivity index (χ1v) is 9.04. The summed E-state index contributed by atoms with van der Waals surface area (Å²) in [5.41, 5.74) is -2.32.